The van der Waals surface area contributed by atoms with Gasteiger partial charge < -0.3 is 15.0 Å². The summed E-state index contributed by atoms with van der Waals surface area (Å²) in [5, 5.41) is 3.22. The zero-order chi connectivity index (χ0) is 21.7. The number of fused-ring (bicyclic) bond motifs is 3. The number of rotatable bonds is 4. The molecule has 2 amide bonds. The van der Waals surface area contributed by atoms with Crippen LogP contribution in [0.3, 0.4) is 0 Å². The maximum atomic E-state index is 12.5. The predicted octanol–water partition coefficient (Wildman–Crippen LogP) is 2.19. The van der Waals surface area contributed by atoms with Gasteiger partial charge in [-0.25, -0.2) is 13.2 Å². The molecule has 0 aromatic heterocycles. The van der Waals surface area contributed by atoms with E-state index in [-0.39, 0.29) is 41.7 Å². The Balaban J connectivity index is 1.41. The summed E-state index contributed by atoms with van der Waals surface area (Å²) in [6.45, 7) is 5.50. The maximum Gasteiger partial charge on any atom is 0.407 e. The van der Waals surface area contributed by atoms with Gasteiger partial charge in [0.2, 0.25) is 5.91 Å². The van der Waals surface area contributed by atoms with Crippen LogP contribution in [0.4, 0.5) is 4.79 Å². The van der Waals surface area contributed by atoms with Crippen LogP contribution in [0.1, 0.15) is 52.9 Å². The molecule has 2 bridgehead atoms. The van der Waals surface area contributed by atoms with Gasteiger partial charge in [-0.15, -0.1) is 0 Å². The summed E-state index contributed by atoms with van der Waals surface area (Å²) in [7, 11) is -3.04. The molecule has 4 aliphatic rings. The van der Waals surface area contributed by atoms with Crippen LogP contribution in [0.2, 0.25) is 0 Å². The van der Waals surface area contributed by atoms with E-state index in [0.717, 1.165) is 12.3 Å². The first kappa shape index (κ1) is 21.9. The molecule has 0 spiro atoms. The molecule has 5 atom stereocenters. The Morgan fingerprint density at radius 3 is 2.60 bits per heavy atom. The van der Waals surface area contributed by atoms with Gasteiger partial charge in [-0.05, 0) is 51.9 Å². The van der Waals surface area contributed by atoms with Gasteiger partial charge in [-0.3, -0.25) is 4.79 Å². The lowest BCUT2D eigenvalue weighted by molar-refractivity contribution is -0.117. The zero-order valence-corrected chi connectivity index (χ0v) is 19.4. The van der Waals surface area contributed by atoms with Crippen molar-refractivity contribution in [3.63, 3.8) is 0 Å². The van der Waals surface area contributed by atoms with E-state index in [4.69, 9.17) is 4.74 Å². The van der Waals surface area contributed by atoms with Crippen LogP contribution in [0.25, 0.3) is 0 Å². The summed E-state index contributed by atoms with van der Waals surface area (Å²) >= 11 is 1.45. The summed E-state index contributed by atoms with van der Waals surface area (Å²) in [6.07, 6.45) is 4.25. The highest BCUT2D eigenvalue weighted by Crippen LogP contribution is 2.51. The van der Waals surface area contributed by atoms with E-state index < -0.39 is 21.5 Å². The van der Waals surface area contributed by atoms with Crippen LogP contribution in [-0.2, 0) is 19.4 Å². The number of aliphatic imine (C=N–C) groups is 1. The van der Waals surface area contributed by atoms with Crippen molar-refractivity contribution in [1.82, 2.24) is 10.2 Å². The third-order valence-corrected chi connectivity index (χ3v) is 9.62. The van der Waals surface area contributed by atoms with Gasteiger partial charge in [0.1, 0.15) is 5.60 Å². The van der Waals surface area contributed by atoms with Gasteiger partial charge >= 0.3 is 6.09 Å². The van der Waals surface area contributed by atoms with E-state index in [9.17, 15) is 18.0 Å². The molecule has 30 heavy (non-hydrogen) atoms. The summed E-state index contributed by atoms with van der Waals surface area (Å²) in [6, 6.07) is 0.224. The number of amides is 2. The number of sulfone groups is 1. The van der Waals surface area contributed by atoms with Gasteiger partial charge in [0.15, 0.2) is 15.0 Å². The van der Waals surface area contributed by atoms with Crippen molar-refractivity contribution in [2.24, 2.45) is 16.8 Å². The van der Waals surface area contributed by atoms with Crippen LogP contribution in [0, 0.1) is 11.8 Å². The second kappa shape index (κ2) is 8.00. The molecule has 2 heterocycles. The Hall–Kier alpha value is -1.29. The third-order valence-electron chi connectivity index (χ3n) is 6.39. The summed E-state index contributed by atoms with van der Waals surface area (Å²) in [4.78, 5) is 30.8. The van der Waals surface area contributed by atoms with Crippen LogP contribution in [-0.4, -0.2) is 71.5 Å². The van der Waals surface area contributed by atoms with Crippen molar-refractivity contribution in [3.8, 4) is 0 Å². The molecular formula is C20H31N3O5S2. The summed E-state index contributed by atoms with van der Waals surface area (Å²) in [5.41, 5.74) is -0.589. The van der Waals surface area contributed by atoms with Crippen molar-refractivity contribution in [3.05, 3.63) is 0 Å². The fourth-order valence-corrected chi connectivity index (χ4v) is 9.27. The predicted molar refractivity (Wildman–Crippen MR) is 116 cm³/mol. The van der Waals surface area contributed by atoms with Crippen LogP contribution in [0.15, 0.2) is 4.99 Å². The first-order valence-corrected chi connectivity index (χ1v) is 13.4. The highest BCUT2D eigenvalue weighted by Gasteiger charge is 2.54. The monoisotopic (exact) mass is 457 g/mol. The molecule has 0 aromatic carbocycles. The number of hydrogen-bond donors (Lipinski definition) is 1. The largest absolute Gasteiger partial charge is 0.444 e. The summed E-state index contributed by atoms with van der Waals surface area (Å²) in [5.74, 6) is 1.31. The van der Waals surface area contributed by atoms with Gasteiger partial charge in [0.05, 0.1) is 17.5 Å². The molecule has 0 unspecified atom stereocenters. The van der Waals surface area contributed by atoms with E-state index in [1.807, 2.05) is 0 Å². The highest BCUT2D eigenvalue weighted by molar-refractivity contribution is 8.15. The third kappa shape index (κ3) is 4.79. The normalized spacial score (nSPS) is 35.6. The number of alkyl carbamates (subject to hydrolysis) is 1. The Labute approximate surface area is 182 Å². The van der Waals surface area contributed by atoms with Crippen molar-refractivity contribution in [1.29, 1.82) is 0 Å². The number of carbonyl (C=O) groups excluding carboxylic acids is 2. The van der Waals surface area contributed by atoms with Crippen molar-refractivity contribution < 1.29 is 22.7 Å². The van der Waals surface area contributed by atoms with E-state index in [2.05, 4.69) is 15.2 Å². The van der Waals surface area contributed by atoms with Crippen LogP contribution < -0.4 is 5.32 Å². The minimum atomic E-state index is -3.04. The molecule has 2 aliphatic heterocycles. The number of hydrogen-bond acceptors (Lipinski definition) is 6. The molecule has 168 valence electrons. The van der Waals surface area contributed by atoms with Gasteiger partial charge in [0, 0.05) is 24.3 Å². The minimum absolute atomic E-state index is 0.0411. The zero-order valence-electron chi connectivity index (χ0n) is 17.8. The number of nitrogens with one attached hydrogen (secondary N) is 1. The average molecular weight is 458 g/mol. The van der Waals surface area contributed by atoms with E-state index >= 15 is 0 Å². The molecular weight excluding hydrogens is 426 g/mol. The van der Waals surface area contributed by atoms with Crippen molar-refractivity contribution in [2.75, 3.05) is 18.1 Å². The van der Waals surface area contributed by atoms with Crippen molar-refractivity contribution >= 4 is 38.8 Å². The van der Waals surface area contributed by atoms with E-state index in [1.165, 1.54) is 31.0 Å². The Morgan fingerprint density at radius 2 is 1.97 bits per heavy atom. The topological polar surface area (TPSA) is 105 Å². The van der Waals surface area contributed by atoms with Gasteiger partial charge in [-0.2, -0.15) is 4.99 Å². The Bertz CT molecular complexity index is 851. The first-order chi connectivity index (χ1) is 14.0. The lowest BCUT2D eigenvalue weighted by Crippen LogP contribution is -2.47. The standard InChI is InChI=1S/C20H31N3O5S2/c1-20(2,3)28-19(25)21-7-6-17(24)22-18-23(14-9-12-4-5-13(14)8-12)15-10-30(26,27)11-16(15)29-18/h12-16H,4-11H2,1-3H3,(H,21,25)/t12-,13-,14-,15+,16+/m1/s1. The van der Waals surface area contributed by atoms with Gasteiger partial charge in [-0.1, -0.05) is 18.2 Å². The molecule has 1 N–H and O–H groups in total. The molecule has 2 saturated carbocycles. The number of thioether (sulfide) groups is 1. The second-order valence-corrected chi connectivity index (χ2v) is 13.3. The SMILES string of the molecule is CC(C)(C)OC(=O)NCCC(=O)N=C1S[C@H]2CS(=O)(=O)C[C@@H]2N1[C@@H]1C[C@@H]2CC[C@@H]1C2. The average Bonchev–Trinajstić information content (AvgIpc) is 3.32. The van der Waals surface area contributed by atoms with Crippen LogP contribution in [0.5, 0.6) is 0 Å². The fourth-order valence-electron chi connectivity index (χ4n) is 5.28. The molecule has 0 aromatic rings. The second-order valence-electron chi connectivity index (χ2n) is 9.92. The Kier molecular flexibility index (Phi) is 5.85. The van der Waals surface area contributed by atoms with E-state index in [0.29, 0.717) is 17.1 Å². The molecule has 4 fully saturated rings. The number of amidine groups is 1. The molecule has 4 rings (SSSR count). The molecule has 2 aliphatic carbocycles. The molecule has 8 nitrogen and oxygen atoms in total. The number of carbonyl (C=O) groups is 2. The maximum absolute atomic E-state index is 12.5. The lowest BCUT2D eigenvalue weighted by atomic mass is 9.93. The quantitative estimate of drug-likeness (QED) is 0.690. The minimum Gasteiger partial charge on any atom is -0.444 e. The number of ether oxygens (including phenoxy) is 1. The highest BCUT2D eigenvalue weighted by atomic mass is 32.2. The molecule has 0 radical (unpaired) electrons. The molecule has 2 saturated heterocycles. The lowest BCUT2D eigenvalue weighted by Gasteiger charge is -2.36. The summed E-state index contributed by atoms with van der Waals surface area (Å²) < 4.78 is 29.6. The smallest absolute Gasteiger partial charge is 0.407 e. The van der Waals surface area contributed by atoms with E-state index in [1.54, 1.807) is 20.8 Å². The van der Waals surface area contributed by atoms with Crippen molar-refractivity contribution in [2.45, 2.75) is 75.8 Å². The van der Waals surface area contributed by atoms with Crippen LogP contribution >= 0.6 is 11.8 Å². The number of nitrogens with zero attached hydrogens (tertiary/aromatic N) is 2. The fraction of sp³-hybridized carbons (Fsp3) is 0.850. The van der Waals surface area contributed by atoms with Gasteiger partial charge in [0.25, 0.3) is 0 Å². The molecule has 10 heteroatoms. The first-order valence-electron chi connectivity index (χ1n) is 10.7. The Morgan fingerprint density at radius 1 is 1.20 bits per heavy atom.